The van der Waals surface area contributed by atoms with Crippen LogP contribution in [0.1, 0.15) is 11.1 Å². The van der Waals surface area contributed by atoms with Gasteiger partial charge in [-0.2, -0.15) is 0 Å². The van der Waals surface area contributed by atoms with Crippen LogP contribution < -0.4 is 10.6 Å². The fourth-order valence-electron chi connectivity index (χ4n) is 4.48. The Morgan fingerprint density at radius 2 is 1.00 bits per heavy atom. The molecule has 2 nitrogen and oxygen atoms in total. The van der Waals surface area contributed by atoms with E-state index >= 15 is 4.39 Å². The molecule has 30 heavy (non-hydrogen) atoms. The van der Waals surface area contributed by atoms with Gasteiger partial charge in [-0.05, 0) is 22.3 Å². The van der Waals surface area contributed by atoms with Crippen LogP contribution in [0.5, 0.6) is 0 Å². The van der Waals surface area contributed by atoms with Crippen molar-refractivity contribution in [2.45, 2.75) is 11.5 Å². The Hall–Kier alpha value is -3.00. The van der Waals surface area contributed by atoms with Crippen molar-refractivity contribution in [3.63, 3.8) is 0 Å². The third-order valence-electron chi connectivity index (χ3n) is 5.91. The first kappa shape index (κ1) is 19.0. The van der Waals surface area contributed by atoms with Gasteiger partial charge in [0.15, 0.2) is 18.7 Å². The smallest absolute Gasteiger partial charge is 0.197 e. The molecular formula is C26H20FO2P. The highest BCUT2D eigenvalue weighted by atomic mass is 31.2. The monoisotopic (exact) mass is 414 g/mol. The Labute approximate surface area is 175 Å². The van der Waals surface area contributed by atoms with Crippen molar-refractivity contribution in [1.29, 1.82) is 0 Å². The molecule has 0 saturated heterocycles. The van der Waals surface area contributed by atoms with E-state index in [4.69, 9.17) is 0 Å². The van der Waals surface area contributed by atoms with E-state index in [1.165, 1.54) is 0 Å². The van der Waals surface area contributed by atoms with Gasteiger partial charge in [0.05, 0.1) is 0 Å². The summed E-state index contributed by atoms with van der Waals surface area (Å²) in [4.78, 5) is 0. The Kier molecular flexibility index (Phi) is 4.47. The van der Waals surface area contributed by atoms with E-state index in [9.17, 15) is 9.67 Å². The number of rotatable bonds is 4. The zero-order valence-electron chi connectivity index (χ0n) is 16.2. The molecule has 0 saturated carbocycles. The molecule has 148 valence electrons. The van der Waals surface area contributed by atoms with Crippen molar-refractivity contribution in [3.05, 3.63) is 120 Å². The predicted molar refractivity (Wildman–Crippen MR) is 120 cm³/mol. The van der Waals surface area contributed by atoms with E-state index in [1.54, 1.807) is 84.9 Å². The molecule has 1 atom stereocenters. The maximum atomic E-state index is 16.8. The minimum atomic E-state index is -3.86. The van der Waals surface area contributed by atoms with Crippen molar-refractivity contribution in [2.24, 2.45) is 0 Å². The lowest BCUT2D eigenvalue weighted by molar-refractivity contribution is 0.0358. The number of hydrogen-bond acceptors (Lipinski definition) is 2. The second-order valence-corrected chi connectivity index (χ2v) is 10.3. The van der Waals surface area contributed by atoms with Gasteiger partial charge in [-0.15, -0.1) is 0 Å². The molecule has 0 unspecified atom stereocenters. The van der Waals surface area contributed by atoms with Crippen LogP contribution in [0.2, 0.25) is 0 Å². The molecule has 1 N–H and O–H groups in total. The number of benzene rings is 4. The van der Waals surface area contributed by atoms with Crippen LogP contribution in [0, 0.1) is 0 Å². The van der Waals surface area contributed by atoms with Crippen molar-refractivity contribution >= 4 is 17.8 Å². The standard InChI is InChI=1S/C26H20FO2P/c27-25(30(29,19-11-3-1-4-12-19)20-13-5-2-6-14-20)26(28)23-17-9-7-15-21(23)22-16-8-10-18-24(22)26/h1-18,25,28H/t25-/m1/s1. The average molecular weight is 414 g/mol. The Morgan fingerprint density at radius 3 is 1.43 bits per heavy atom. The summed E-state index contributed by atoms with van der Waals surface area (Å²) in [5, 5.41) is 12.8. The van der Waals surface area contributed by atoms with Crippen LogP contribution in [-0.4, -0.2) is 11.0 Å². The molecule has 0 aromatic heterocycles. The van der Waals surface area contributed by atoms with Gasteiger partial charge in [0, 0.05) is 10.6 Å². The van der Waals surface area contributed by atoms with Gasteiger partial charge in [-0.1, -0.05) is 109 Å². The molecule has 0 aliphatic heterocycles. The first-order valence-electron chi connectivity index (χ1n) is 9.84. The maximum Gasteiger partial charge on any atom is 0.197 e. The lowest BCUT2D eigenvalue weighted by Crippen LogP contribution is -2.40. The minimum Gasteiger partial charge on any atom is -0.377 e. The van der Waals surface area contributed by atoms with Gasteiger partial charge in [-0.3, -0.25) is 0 Å². The van der Waals surface area contributed by atoms with Gasteiger partial charge in [-0.25, -0.2) is 4.39 Å². The summed E-state index contributed by atoms with van der Waals surface area (Å²) < 4.78 is 31.3. The quantitative estimate of drug-likeness (QED) is 0.466. The zero-order valence-corrected chi connectivity index (χ0v) is 17.0. The van der Waals surface area contributed by atoms with E-state index in [2.05, 4.69) is 0 Å². The van der Waals surface area contributed by atoms with Crippen molar-refractivity contribution in [3.8, 4) is 11.1 Å². The highest BCUT2D eigenvalue weighted by Gasteiger charge is 2.56. The maximum absolute atomic E-state index is 16.8. The van der Waals surface area contributed by atoms with Gasteiger partial charge in [0.1, 0.15) is 0 Å². The molecule has 4 heteroatoms. The highest BCUT2D eigenvalue weighted by molar-refractivity contribution is 7.79. The van der Waals surface area contributed by atoms with Crippen LogP contribution in [0.4, 0.5) is 4.39 Å². The topological polar surface area (TPSA) is 37.3 Å². The summed E-state index contributed by atoms with van der Waals surface area (Å²) in [5.74, 6) is -2.06. The molecule has 0 radical (unpaired) electrons. The lowest BCUT2D eigenvalue weighted by atomic mass is 9.93. The van der Waals surface area contributed by atoms with Gasteiger partial charge >= 0.3 is 0 Å². The summed E-state index contributed by atoms with van der Waals surface area (Å²) >= 11 is 0. The van der Waals surface area contributed by atoms with E-state index in [0.717, 1.165) is 11.1 Å². The van der Waals surface area contributed by atoms with E-state index in [0.29, 0.717) is 21.7 Å². The highest BCUT2D eigenvalue weighted by Crippen LogP contribution is 2.61. The molecule has 0 fully saturated rings. The van der Waals surface area contributed by atoms with Crippen LogP contribution in [0.15, 0.2) is 109 Å². The van der Waals surface area contributed by atoms with Crippen LogP contribution >= 0.6 is 7.14 Å². The van der Waals surface area contributed by atoms with Crippen LogP contribution in [-0.2, 0) is 10.2 Å². The lowest BCUT2D eigenvalue weighted by Gasteiger charge is -2.35. The molecule has 0 bridgehead atoms. The third-order valence-corrected chi connectivity index (χ3v) is 9.05. The summed E-state index contributed by atoms with van der Waals surface area (Å²) in [6, 6.07) is 31.8. The molecule has 1 aliphatic carbocycles. The Balaban J connectivity index is 1.80. The molecule has 0 spiro atoms. The van der Waals surface area contributed by atoms with Crippen LogP contribution in [0.3, 0.4) is 0 Å². The van der Waals surface area contributed by atoms with Crippen molar-refractivity contribution in [2.75, 3.05) is 0 Å². The van der Waals surface area contributed by atoms with E-state index in [-0.39, 0.29) is 0 Å². The predicted octanol–water partition coefficient (Wildman–Crippen LogP) is 5.21. The average Bonchev–Trinajstić information content (AvgIpc) is 3.09. The summed E-state index contributed by atoms with van der Waals surface area (Å²) in [7, 11) is -3.86. The summed E-state index contributed by atoms with van der Waals surface area (Å²) in [6.07, 6.45) is 0. The second kappa shape index (κ2) is 7.05. The number of fused-ring (bicyclic) bond motifs is 3. The molecule has 4 aromatic carbocycles. The van der Waals surface area contributed by atoms with Gasteiger partial charge < -0.3 is 9.67 Å². The van der Waals surface area contributed by atoms with Gasteiger partial charge in [0.2, 0.25) is 0 Å². The van der Waals surface area contributed by atoms with E-state index in [1.807, 2.05) is 24.3 Å². The largest absolute Gasteiger partial charge is 0.377 e. The normalized spacial score (nSPS) is 15.3. The number of alkyl halides is 1. The number of aliphatic hydroxyl groups is 1. The minimum absolute atomic E-state index is 0.388. The molecule has 4 aromatic rings. The van der Waals surface area contributed by atoms with E-state index < -0.39 is 18.7 Å². The molecular weight excluding hydrogens is 394 g/mol. The van der Waals surface area contributed by atoms with Gasteiger partial charge in [0.25, 0.3) is 0 Å². The second-order valence-electron chi connectivity index (χ2n) is 7.52. The fraction of sp³-hybridized carbons (Fsp3) is 0.0769. The first-order valence-corrected chi connectivity index (χ1v) is 11.6. The Morgan fingerprint density at radius 1 is 0.633 bits per heavy atom. The first-order chi connectivity index (χ1) is 14.6. The molecule has 1 aliphatic rings. The Bertz CT molecular complexity index is 1170. The summed E-state index contributed by atoms with van der Waals surface area (Å²) in [5.41, 5.74) is 0.419. The fourth-order valence-corrected chi connectivity index (χ4v) is 7.33. The number of hydrogen-bond donors (Lipinski definition) is 1. The summed E-state index contributed by atoms with van der Waals surface area (Å²) in [6.45, 7) is 0. The van der Waals surface area contributed by atoms with Crippen molar-refractivity contribution in [1.82, 2.24) is 0 Å². The number of halogens is 1. The molecule has 0 amide bonds. The molecule has 5 rings (SSSR count). The molecule has 0 heterocycles. The van der Waals surface area contributed by atoms with Crippen LogP contribution in [0.25, 0.3) is 11.1 Å². The third kappa shape index (κ3) is 2.56. The SMILES string of the molecule is O=P(c1ccccc1)(c1ccccc1)[C@@H](F)C1(O)c2ccccc2-c2ccccc21. The zero-order chi connectivity index (χ0) is 20.8. The van der Waals surface area contributed by atoms with Crippen molar-refractivity contribution < 1.29 is 14.1 Å².